The van der Waals surface area contributed by atoms with Gasteiger partial charge >= 0.3 is 0 Å². The molecule has 3 aliphatic rings. The maximum absolute atomic E-state index is 13.6. The second kappa shape index (κ2) is 7.89. The first-order valence-corrected chi connectivity index (χ1v) is 12.4. The van der Waals surface area contributed by atoms with Crippen LogP contribution < -0.4 is 15.0 Å². The summed E-state index contributed by atoms with van der Waals surface area (Å²) in [6.07, 6.45) is 5.55. The normalized spacial score (nSPS) is 17.1. The summed E-state index contributed by atoms with van der Waals surface area (Å²) in [6.45, 7) is 1.89. The van der Waals surface area contributed by atoms with E-state index in [0.717, 1.165) is 48.2 Å². The van der Waals surface area contributed by atoms with E-state index in [9.17, 15) is 9.59 Å². The van der Waals surface area contributed by atoms with Crippen LogP contribution in [0.4, 0.5) is 10.8 Å². The fourth-order valence-corrected chi connectivity index (χ4v) is 5.21. The number of likely N-dealkylation sites (N-methyl/N-ethyl adjacent to an activating group) is 1. The topological polar surface area (TPSA) is 97.3 Å². The van der Waals surface area contributed by atoms with Gasteiger partial charge in [0.15, 0.2) is 5.01 Å². The van der Waals surface area contributed by atoms with E-state index in [1.165, 1.54) is 11.3 Å². The summed E-state index contributed by atoms with van der Waals surface area (Å²) < 4.78 is 5.58. The van der Waals surface area contributed by atoms with Crippen LogP contribution in [0.2, 0.25) is 0 Å². The number of pyridine rings is 1. The van der Waals surface area contributed by atoms with Gasteiger partial charge in [-0.05, 0) is 67.9 Å². The predicted molar refractivity (Wildman–Crippen MR) is 133 cm³/mol. The largest absolute Gasteiger partial charge is 0.494 e. The van der Waals surface area contributed by atoms with Crippen molar-refractivity contribution in [3.63, 3.8) is 0 Å². The van der Waals surface area contributed by atoms with Gasteiger partial charge in [0, 0.05) is 35.5 Å². The van der Waals surface area contributed by atoms with E-state index in [1.807, 2.05) is 19.1 Å². The molecule has 0 radical (unpaired) electrons. The lowest BCUT2D eigenvalue weighted by atomic mass is 9.90. The van der Waals surface area contributed by atoms with Crippen molar-refractivity contribution in [1.29, 1.82) is 0 Å². The van der Waals surface area contributed by atoms with Crippen molar-refractivity contribution in [2.75, 3.05) is 24.4 Å². The Morgan fingerprint density at radius 1 is 1.23 bits per heavy atom. The number of aromatic nitrogens is 3. The number of hydrogen-bond acceptors (Lipinski definition) is 7. The standard InChI is InChI=1S/C26H23N5O3S/c1-14-10-17(21(34-3)13-27-14)16-11-19-20(31(2)24(33)26(19)8-9-26)12-18(16)23(32)28-25-30-29-22(35-25)7-6-15-4-5-15/h10-13,15H,4-5,8-9H2,1-3H3,(H,28,30,32). The van der Waals surface area contributed by atoms with Crippen molar-refractivity contribution in [3.8, 4) is 28.7 Å². The number of nitrogens with zero attached hydrogens (tertiary/aromatic N) is 4. The molecule has 2 aromatic heterocycles. The summed E-state index contributed by atoms with van der Waals surface area (Å²) in [4.78, 5) is 32.6. The molecule has 0 saturated heterocycles. The maximum Gasteiger partial charge on any atom is 0.258 e. The first kappa shape index (κ1) is 21.7. The van der Waals surface area contributed by atoms with Crippen LogP contribution in [-0.4, -0.2) is 41.2 Å². The molecule has 2 saturated carbocycles. The Bertz CT molecular complexity index is 1460. The van der Waals surface area contributed by atoms with E-state index < -0.39 is 5.41 Å². The minimum absolute atomic E-state index is 0.0804. The Balaban J connectivity index is 1.43. The van der Waals surface area contributed by atoms with Crippen molar-refractivity contribution in [2.24, 2.45) is 5.92 Å². The zero-order chi connectivity index (χ0) is 24.3. The lowest BCUT2D eigenvalue weighted by molar-refractivity contribution is -0.119. The van der Waals surface area contributed by atoms with Gasteiger partial charge in [-0.25, -0.2) is 0 Å². The molecule has 176 valence electrons. The van der Waals surface area contributed by atoms with Gasteiger partial charge in [0.05, 0.1) is 18.7 Å². The molecule has 0 atom stereocenters. The number of aryl methyl sites for hydroxylation is 1. The molecule has 1 N–H and O–H groups in total. The molecule has 35 heavy (non-hydrogen) atoms. The van der Waals surface area contributed by atoms with Crippen LogP contribution in [0.15, 0.2) is 24.4 Å². The highest BCUT2D eigenvalue weighted by Crippen LogP contribution is 2.58. The molecule has 1 spiro atoms. The van der Waals surface area contributed by atoms with Crippen LogP contribution in [0, 0.1) is 24.7 Å². The van der Waals surface area contributed by atoms with E-state index in [4.69, 9.17) is 4.74 Å². The summed E-state index contributed by atoms with van der Waals surface area (Å²) in [5.74, 6) is 6.95. The van der Waals surface area contributed by atoms with Gasteiger partial charge in [-0.3, -0.25) is 19.9 Å². The zero-order valence-corrected chi connectivity index (χ0v) is 20.5. The van der Waals surface area contributed by atoms with Crippen LogP contribution in [0.25, 0.3) is 11.1 Å². The number of benzene rings is 1. The SMILES string of the molecule is COc1cnc(C)cc1-c1cc2c(cc1C(=O)Nc1nnc(C#CC3CC3)s1)N(C)C(=O)C21CC1. The molecule has 0 bridgehead atoms. The summed E-state index contributed by atoms with van der Waals surface area (Å²) in [7, 11) is 3.34. The molecule has 8 nitrogen and oxygen atoms in total. The molecular formula is C26H23N5O3S. The van der Waals surface area contributed by atoms with Crippen LogP contribution in [0.3, 0.4) is 0 Å². The Morgan fingerprint density at radius 3 is 2.74 bits per heavy atom. The Labute approximate surface area is 206 Å². The number of fused-ring (bicyclic) bond motifs is 2. The summed E-state index contributed by atoms with van der Waals surface area (Å²) in [5.41, 5.74) is 3.91. The molecule has 2 aliphatic carbocycles. The Kier molecular flexibility index (Phi) is 4.90. The highest BCUT2D eigenvalue weighted by Gasteiger charge is 2.58. The number of carbonyl (C=O) groups excluding carboxylic acids is 2. The highest BCUT2D eigenvalue weighted by atomic mass is 32.1. The number of rotatable bonds is 4. The molecule has 3 heterocycles. The summed E-state index contributed by atoms with van der Waals surface area (Å²) in [6, 6.07) is 5.67. The number of amides is 2. The molecular weight excluding hydrogens is 462 g/mol. The van der Waals surface area contributed by atoms with Crippen LogP contribution >= 0.6 is 11.3 Å². The average molecular weight is 486 g/mol. The fraction of sp³-hybridized carbons (Fsp3) is 0.346. The van der Waals surface area contributed by atoms with Crippen molar-refractivity contribution < 1.29 is 14.3 Å². The number of ether oxygens (including phenoxy) is 1. The third kappa shape index (κ3) is 3.65. The first-order valence-electron chi connectivity index (χ1n) is 11.5. The summed E-state index contributed by atoms with van der Waals surface area (Å²) in [5, 5.41) is 12.0. The van der Waals surface area contributed by atoms with Gasteiger partial charge < -0.3 is 9.64 Å². The number of carbonyl (C=O) groups is 2. The molecule has 6 rings (SSSR count). The second-order valence-electron chi connectivity index (χ2n) is 9.30. The molecule has 3 aromatic rings. The Hall–Kier alpha value is -3.77. The smallest absolute Gasteiger partial charge is 0.258 e. The number of methoxy groups -OCH3 is 1. The molecule has 0 unspecified atom stereocenters. The van der Waals surface area contributed by atoms with Crippen molar-refractivity contribution in [1.82, 2.24) is 15.2 Å². The van der Waals surface area contributed by atoms with E-state index in [1.54, 1.807) is 31.3 Å². The second-order valence-corrected chi connectivity index (χ2v) is 10.3. The van der Waals surface area contributed by atoms with Crippen molar-refractivity contribution >= 4 is 34.0 Å². The third-order valence-electron chi connectivity index (χ3n) is 6.84. The van der Waals surface area contributed by atoms with Gasteiger partial charge in [-0.1, -0.05) is 17.3 Å². The van der Waals surface area contributed by atoms with Gasteiger partial charge in [-0.15, -0.1) is 10.2 Å². The molecule has 9 heteroatoms. The summed E-state index contributed by atoms with van der Waals surface area (Å²) >= 11 is 1.25. The van der Waals surface area contributed by atoms with Crippen molar-refractivity contribution in [3.05, 3.63) is 46.2 Å². The molecule has 2 amide bonds. The minimum Gasteiger partial charge on any atom is -0.494 e. The lowest BCUT2D eigenvalue weighted by Crippen LogP contribution is -2.28. The van der Waals surface area contributed by atoms with Crippen molar-refractivity contribution in [2.45, 2.75) is 38.0 Å². The average Bonchev–Trinajstić information content (AvgIpc) is 3.79. The van der Waals surface area contributed by atoms with Gasteiger partial charge in [-0.2, -0.15) is 0 Å². The van der Waals surface area contributed by atoms with Gasteiger partial charge in [0.25, 0.3) is 5.91 Å². The van der Waals surface area contributed by atoms with Crippen LogP contribution in [-0.2, 0) is 10.2 Å². The lowest BCUT2D eigenvalue weighted by Gasteiger charge is -2.17. The van der Waals surface area contributed by atoms with Gasteiger partial charge in [0.2, 0.25) is 11.0 Å². The fourth-order valence-electron chi connectivity index (χ4n) is 4.61. The quantitative estimate of drug-likeness (QED) is 0.563. The van der Waals surface area contributed by atoms with Gasteiger partial charge in [0.1, 0.15) is 5.75 Å². The van der Waals surface area contributed by atoms with E-state index >= 15 is 0 Å². The third-order valence-corrected chi connectivity index (χ3v) is 7.60. The van der Waals surface area contributed by atoms with E-state index in [-0.39, 0.29) is 11.8 Å². The highest BCUT2D eigenvalue weighted by molar-refractivity contribution is 7.15. The first-order chi connectivity index (χ1) is 16.9. The minimum atomic E-state index is -0.475. The Morgan fingerprint density at radius 2 is 2.03 bits per heavy atom. The molecule has 1 aliphatic heterocycles. The zero-order valence-electron chi connectivity index (χ0n) is 19.6. The number of hydrogen-bond donors (Lipinski definition) is 1. The molecule has 1 aromatic carbocycles. The van der Waals surface area contributed by atoms with Crippen LogP contribution in [0.5, 0.6) is 5.75 Å². The maximum atomic E-state index is 13.6. The van der Waals surface area contributed by atoms with E-state index in [0.29, 0.717) is 32.9 Å². The number of anilines is 2. The monoisotopic (exact) mass is 485 g/mol. The van der Waals surface area contributed by atoms with Crippen LogP contribution in [0.1, 0.15) is 52.3 Å². The number of nitrogens with one attached hydrogen (secondary N) is 1. The molecule has 2 fully saturated rings. The van der Waals surface area contributed by atoms with E-state index in [2.05, 4.69) is 32.3 Å². The predicted octanol–water partition coefficient (Wildman–Crippen LogP) is 3.94.